The van der Waals surface area contributed by atoms with Crippen molar-refractivity contribution in [2.45, 2.75) is 18.9 Å². The second kappa shape index (κ2) is 4.47. The lowest BCUT2D eigenvalue weighted by molar-refractivity contribution is 0.272. The highest BCUT2D eigenvalue weighted by atomic mass is 32.1. The van der Waals surface area contributed by atoms with Gasteiger partial charge in [0, 0.05) is 16.9 Å². The average molecular weight is 247 g/mol. The first-order valence-corrected chi connectivity index (χ1v) is 6.53. The van der Waals surface area contributed by atoms with E-state index in [2.05, 4.69) is 11.1 Å². The van der Waals surface area contributed by atoms with Gasteiger partial charge in [-0.15, -0.1) is 11.3 Å². The molecule has 0 saturated carbocycles. The lowest BCUT2D eigenvalue weighted by Gasteiger charge is -2.24. The van der Waals surface area contributed by atoms with Gasteiger partial charge < -0.3 is 9.84 Å². The minimum Gasteiger partial charge on any atom is -0.493 e. The monoisotopic (exact) mass is 247 g/mol. The molecule has 0 spiro atoms. The van der Waals surface area contributed by atoms with Gasteiger partial charge in [0.2, 0.25) is 0 Å². The van der Waals surface area contributed by atoms with Crippen LogP contribution < -0.4 is 4.74 Å². The van der Waals surface area contributed by atoms with Crippen LogP contribution in [0.2, 0.25) is 0 Å². The third-order valence-corrected chi connectivity index (χ3v) is 4.00. The number of aliphatic hydroxyl groups is 1. The quantitative estimate of drug-likeness (QED) is 0.886. The van der Waals surface area contributed by atoms with Crippen molar-refractivity contribution in [2.24, 2.45) is 0 Å². The molecule has 0 bridgehead atoms. The smallest absolute Gasteiger partial charge is 0.123 e. The van der Waals surface area contributed by atoms with Gasteiger partial charge in [0.25, 0.3) is 0 Å². The van der Waals surface area contributed by atoms with Crippen LogP contribution >= 0.6 is 11.3 Å². The number of hydrogen-bond acceptors (Lipinski definition) is 4. The van der Waals surface area contributed by atoms with Crippen molar-refractivity contribution in [3.63, 3.8) is 0 Å². The van der Waals surface area contributed by atoms with Crippen molar-refractivity contribution in [1.29, 1.82) is 0 Å². The molecule has 3 rings (SSSR count). The molecule has 0 amide bonds. The van der Waals surface area contributed by atoms with Gasteiger partial charge in [-0.05, 0) is 12.5 Å². The van der Waals surface area contributed by atoms with E-state index >= 15 is 0 Å². The number of benzene rings is 1. The number of aromatic nitrogens is 1. The summed E-state index contributed by atoms with van der Waals surface area (Å²) in [6, 6.07) is 8.12. The maximum Gasteiger partial charge on any atom is 0.123 e. The Labute approximate surface area is 104 Å². The van der Waals surface area contributed by atoms with Crippen LogP contribution in [-0.2, 0) is 6.61 Å². The number of thiazole rings is 1. The van der Waals surface area contributed by atoms with Gasteiger partial charge in [0.1, 0.15) is 10.8 Å². The largest absolute Gasteiger partial charge is 0.493 e. The van der Waals surface area contributed by atoms with Crippen LogP contribution in [0.5, 0.6) is 5.75 Å². The average Bonchev–Trinajstić information content (AvgIpc) is 2.87. The van der Waals surface area contributed by atoms with E-state index in [0.29, 0.717) is 5.92 Å². The fraction of sp³-hybridized carbons (Fsp3) is 0.308. The maximum absolute atomic E-state index is 9.06. The van der Waals surface area contributed by atoms with E-state index in [1.54, 1.807) is 11.3 Å². The fourth-order valence-corrected chi connectivity index (χ4v) is 3.12. The van der Waals surface area contributed by atoms with E-state index in [4.69, 9.17) is 9.84 Å². The van der Waals surface area contributed by atoms with Crippen molar-refractivity contribution in [1.82, 2.24) is 4.98 Å². The Hall–Kier alpha value is -1.39. The van der Waals surface area contributed by atoms with Crippen molar-refractivity contribution in [2.75, 3.05) is 6.61 Å². The van der Waals surface area contributed by atoms with Crippen LogP contribution in [0.1, 0.15) is 28.6 Å². The number of hydrogen-bond donors (Lipinski definition) is 1. The van der Waals surface area contributed by atoms with E-state index in [9.17, 15) is 0 Å². The van der Waals surface area contributed by atoms with Crippen molar-refractivity contribution in [3.8, 4) is 5.75 Å². The topological polar surface area (TPSA) is 42.4 Å². The Morgan fingerprint density at radius 3 is 3.12 bits per heavy atom. The Bertz CT molecular complexity index is 524. The third-order valence-electron chi connectivity index (χ3n) is 2.99. The zero-order valence-electron chi connectivity index (χ0n) is 9.30. The molecule has 0 aliphatic carbocycles. The Morgan fingerprint density at radius 1 is 1.41 bits per heavy atom. The maximum atomic E-state index is 9.06. The molecule has 1 aromatic carbocycles. The summed E-state index contributed by atoms with van der Waals surface area (Å²) in [4.78, 5) is 4.46. The van der Waals surface area contributed by atoms with Gasteiger partial charge in [-0.2, -0.15) is 0 Å². The SMILES string of the molecule is OCc1csc([C@H]2CCOc3ccccc32)n1. The van der Waals surface area contributed by atoms with E-state index in [1.165, 1.54) is 5.56 Å². The Morgan fingerprint density at radius 2 is 2.29 bits per heavy atom. The molecule has 0 fully saturated rings. The summed E-state index contributed by atoms with van der Waals surface area (Å²) in [5, 5.41) is 12.1. The van der Waals surface area contributed by atoms with Gasteiger partial charge in [-0.3, -0.25) is 0 Å². The normalized spacial score (nSPS) is 18.5. The molecule has 0 radical (unpaired) electrons. The van der Waals surface area contributed by atoms with Gasteiger partial charge >= 0.3 is 0 Å². The Balaban J connectivity index is 1.99. The molecule has 17 heavy (non-hydrogen) atoms. The second-order valence-electron chi connectivity index (χ2n) is 4.06. The molecule has 2 aromatic rings. The van der Waals surface area contributed by atoms with Crippen LogP contribution in [-0.4, -0.2) is 16.7 Å². The highest BCUT2D eigenvalue weighted by Gasteiger charge is 2.24. The van der Waals surface area contributed by atoms with E-state index < -0.39 is 0 Å². The molecule has 88 valence electrons. The van der Waals surface area contributed by atoms with Gasteiger partial charge in [-0.25, -0.2) is 4.98 Å². The van der Waals surface area contributed by atoms with Gasteiger partial charge in [0.05, 0.1) is 18.9 Å². The summed E-state index contributed by atoms with van der Waals surface area (Å²) in [5.41, 5.74) is 1.96. The molecule has 4 heteroatoms. The third kappa shape index (κ3) is 1.94. The number of nitrogens with zero attached hydrogens (tertiary/aromatic N) is 1. The summed E-state index contributed by atoms with van der Waals surface area (Å²) in [6.45, 7) is 0.747. The van der Waals surface area contributed by atoms with Crippen LogP contribution in [0.25, 0.3) is 0 Å². The zero-order chi connectivity index (χ0) is 11.7. The zero-order valence-corrected chi connectivity index (χ0v) is 10.1. The number of ether oxygens (including phenoxy) is 1. The minimum absolute atomic E-state index is 0.0152. The molecule has 0 saturated heterocycles. The molecule has 1 atom stereocenters. The van der Waals surface area contributed by atoms with Gasteiger partial charge in [-0.1, -0.05) is 18.2 Å². The van der Waals surface area contributed by atoms with Crippen molar-refractivity contribution >= 4 is 11.3 Å². The van der Waals surface area contributed by atoms with Crippen LogP contribution in [0.15, 0.2) is 29.6 Å². The summed E-state index contributed by atoms with van der Waals surface area (Å²) in [6.07, 6.45) is 0.954. The first-order valence-electron chi connectivity index (χ1n) is 5.65. The molecule has 1 aliphatic rings. The molecule has 2 heterocycles. The highest BCUT2D eigenvalue weighted by molar-refractivity contribution is 7.09. The van der Waals surface area contributed by atoms with Crippen LogP contribution in [0, 0.1) is 0 Å². The summed E-state index contributed by atoms with van der Waals surface area (Å²) < 4.78 is 5.64. The first-order chi connectivity index (χ1) is 8.38. The number of rotatable bonds is 2. The second-order valence-corrected chi connectivity index (χ2v) is 4.95. The number of para-hydroxylation sites is 1. The highest BCUT2D eigenvalue weighted by Crippen LogP contribution is 2.38. The van der Waals surface area contributed by atoms with Crippen LogP contribution in [0.3, 0.4) is 0 Å². The minimum atomic E-state index is 0.0152. The first kappa shape index (κ1) is 10.7. The van der Waals surface area contributed by atoms with E-state index in [-0.39, 0.29) is 6.61 Å². The van der Waals surface area contributed by atoms with E-state index in [0.717, 1.165) is 29.5 Å². The standard InChI is InChI=1S/C13H13NO2S/c15-7-9-8-17-13(14-9)11-5-6-16-12-4-2-1-3-10(11)12/h1-4,8,11,15H,5-7H2/t11-/m0/s1. The Kier molecular flexibility index (Phi) is 2.82. The van der Waals surface area contributed by atoms with Crippen molar-refractivity contribution in [3.05, 3.63) is 45.9 Å². The summed E-state index contributed by atoms with van der Waals surface area (Å²) in [5.74, 6) is 1.27. The van der Waals surface area contributed by atoms with Crippen LogP contribution in [0.4, 0.5) is 0 Å². The molecule has 3 nitrogen and oxygen atoms in total. The summed E-state index contributed by atoms with van der Waals surface area (Å²) in [7, 11) is 0. The fourth-order valence-electron chi connectivity index (χ4n) is 2.15. The molecule has 1 N–H and O–H groups in total. The molecule has 1 aliphatic heterocycles. The van der Waals surface area contributed by atoms with Crippen molar-refractivity contribution < 1.29 is 9.84 Å². The lowest BCUT2D eigenvalue weighted by atomic mass is 9.94. The molecular formula is C13H13NO2S. The summed E-state index contributed by atoms with van der Waals surface area (Å²) >= 11 is 1.62. The predicted molar refractivity (Wildman–Crippen MR) is 66.4 cm³/mol. The molecular weight excluding hydrogens is 234 g/mol. The molecule has 0 unspecified atom stereocenters. The number of fused-ring (bicyclic) bond motifs is 1. The lowest BCUT2D eigenvalue weighted by Crippen LogP contribution is -2.14. The van der Waals surface area contributed by atoms with E-state index in [1.807, 2.05) is 23.6 Å². The number of aliphatic hydroxyl groups excluding tert-OH is 1. The molecule has 1 aromatic heterocycles. The van der Waals surface area contributed by atoms with Gasteiger partial charge in [0.15, 0.2) is 0 Å². The predicted octanol–water partition coefficient (Wildman–Crippen LogP) is 2.55.